The smallest absolute Gasteiger partial charge is 0.129 e. The summed E-state index contributed by atoms with van der Waals surface area (Å²) in [6.45, 7) is 5.79. The highest BCUT2D eigenvalue weighted by Gasteiger charge is 2.39. The molecule has 2 aromatic rings. The molecular formula is C24H30Cl2N4. The first-order valence-electron chi connectivity index (χ1n) is 11.3. The van der Waals surface area contributed by atoms with E-state index in [1.54, 1.807) is 0 Å². The van der Waals surface area contributed by atoms with Crippen molar-refractivity contribution in [3.63, 3.8) is 0 Å². The van der Waals surface area contributed by atoms with Gasteiger partial charge in [-0.1, -0.05) is 35.3 Å². The van der Waals surface area contributed by atoms with Crippen molar-refractivity contribution >= 4 is 29.0 Å². The highest BCUT2D eigenvalue weighted by molar-refractivity contribution is 6.31. The SMILES string of the molecule is Clc1ccc(C[C@H]2CN3CCC[C@H]3CN2C2CCN(c3cc(Cl)ccn3)CC2)cc1. The number of rotatable bonds is 4. The van der Waals surface area contributed by atoms with E-state index in [0.717, 1.165) is 41.4 Å². The summed E-state index contributed by atoms with van der Waals surface area (Å²) >= 11 is 12.3. The summed E-state index contributed by atoms with van der Waals surface area (Å²) in [6, 6.07) is 14.3. The predicted molar refractivity (Wildman–Crippen MR) is 125 cm³/mol. The fourth-order valence-corrected chi connectivity index (χ4v) is 5.90. The van der Waals surface area contributed by atoms with E-state index < -0.39 is 0 Å². The Bertz CT molecular complexity index is 851. The lowest BCUT2D eigenvalue weighted by Crippen LogP contribution is -2.61. The second-order valence-corrected chi connectivity index (χ2v) is 9.90. The third kappa shape index (κ3) is 4.47. The van der Waals surface area contributed by atoms with E-state index in [0.29, 0.717) is 12.1 Å². The van der Waals surface area contributed by atoms with Crippen molar-refractivity contribution in [1.29, 1.82) is 0 Å². The quantitative estimate of drug-likeness (QED) is 0.678. The third-order valence-corrected chi connectivity index (χ3v) is 7.67. The van der Waals surface area contributed by atoms with Crippen LogP contribution in [0.15, 0.2) is 42.6 Å². The number of hydrogen-bond donors (Lipinski definition) is 0. The zero-order valence-corrected chi connectivity index (χ0v) is 18.9. The van der Waals surface area contributed by atoms with E-state index in [-0.39, 0.29) is 0 Å². The van der Waals surface area contributed by atoms with E-state index in [1.807, 2.05) is 30.5 Å². The molecule has 3 aliphatic heterocycles. The molecule has 1 aromatic heterocycles. The second-order valence-electron chi connectivity index (χ2n) is 9.02. The van der Waals surface area contributed by atoms with Gasteiger partial charge in [0.05, 0.1) is 0 Å². The van der Waals surface area contributed by atoms with Crippen molar-refractivity contribution in [2.45, 2.75) is 50.2 Å². The molecule has 160 valence electrons. The number of piperidine rings is 1. The number of hydrogen-bond acceptors (Lipinski definition) is 4. The van der Waals surface area contributed by atoms with Crippen LogP contribution in [-0.2, 0) is 6.42 Å². The van der Waals surface area contributed by atoms with Crippen molar-refractivity contribution in [2.24, 2.45) is 0 Å². The Morgan fingerprint density at radius 1 is 0.867 bits per heavy atom. The molecule has 2 atom stereocenters. The van der Waals surface area contributed by atoms with Gasteiger partial charge in [-0.2, -0.15) is 0 Å². The number of fused-ring (bicyclic) bond motifs is 1. The van der Waals surface area contributed by atoms with E-state index in [4.69, 9.17) is 23.2 Å². The van der Waals surface area contributed by atoms with E-state index in [9.17, 15) is 0 Å². The van der Waals surface area contributed by atoms with Crippen LogP contribution in [0.4, 0.5) is 5.82 Å². The van der Waals surface area contributed by atoms with Gasteiger partial charge in [0.2, 0.25) is 0 Å². The zero-order valence-electron chi connectivity index (χ0n) is 17.4. The van der Waals surface area contributed by atoms with E-state index in [1.165, 1.54) is 50.9 Å². The largest absolute Gasteiger partial charge is 0.356 e. The van der Waals surface area contributed by atoms with Gasteiger partial charge in [0, 0.05) is 60.5 Å². The molecule has 0 aliphatic carbocycles. The topological polar surface area (TPSA) is 22.6 Å². The average Bonchev–Trinajstić information content (AvgIpc) is 3.22. The summed E-state index contributed by atoms with van der Waals surface area (Å²) in [4.78, 5) is 12.5. The lowest BCUT2D eigenvalue weighted by atomic mass is 9.94. The van der Waals surface area contributed by atoms with Crippen molar-refractivity contribution in [3.05, 3.63) is 58.2 Å². The van der Waals surface area contributed by atoms with Crippen LogP contribution in [0.3, 0.4) is 0 Å². The standard InChI is InChI=1S/C24H30Cl2N4/c25-19-5-3-18(4-6-19)14-23-16-29-11-1-2-22(29)17-30(23)21-8-12-28(13-9-21)24-15-20(26)7-10-27-24/h3-7,10,15,21-23H,1-2,8-9,11-14,16-17H2/t22-,23-/m0/s1. The minimum atomic E-state index is 0.585. The molecule has 0 amide bonds. The third-order valence-electron chi connectivity index (χ3n) is 7.18. The number of halogens is 2. The van der Waals surface area contributed by atoms with Crippen LogP contribution < -0.4 is 4.90 Å². The zero-order chi connectivity index (χ0) is 20.5. The van der Waals surface area contributed by atoms with Gasteiger partial charge < -0.3 is 4.90 Å². The average molecular weight is 445 g/mol. The molecule has 6 heteroatoms. The van der Waals surface area contributed by atoms with E-state index in [2.05, 4.69) is 31.8 Å². The first kappa shape index (κ1) is 20.6. The van der Waals surface area contributed by atoms with Crippen LogP contribution in [0.2, 0.25) is 10.0 Å². The number of piperazine rings is 1. The molecule has 4 nitrogen and oxygen atoms in total. The van der Waals surface area contributed by atoms with Gasteiger partial charge in [0.1, 0.15) is 5.82 Å². The molecule has 3 fully saturated rings. The van der Waals surface area contributed by atoms with Crippen LogP contribution >= 0.6 is 23.2 Å². The van der Waals surface area contributed by atoms with Crippen LogP contribution in [-0.4, -0.2) is 65.6 Å². The molecule has 0 N–H and O–H groups in total. The number of benzene rings is 1. The van der Waals surface area contributed by atoms with Crippen LogP contribution in [0.25, 0.3) is 0 Å². The van der Waals surface area contributed by atoms with Crippen molar-refractivity contribution in [1.82, 2.24) is 14.8 Å². The Labute approximate surface area is 189 Å². The maximum atomic E-state index is 6.18. The van der Waals surface area contributed by atoms with Crippen molar-refractivity contribution in [3.8, 4) is 0 Å². The molecule has 5 rings (SSSR count). The number of nitrogens with zero attached hydrogens (tertiary/aromatic N) is 4. The Morgan fingerprint density at radius 2 is 1.67 bits per heavy atom. The summed E-state index contributed by atoms with van der Waals surface area (Å²) in [6.07, 6.45) is 8.01. The van der Waals surface area contributed by atoms with Gasteiger partial charge in [0.15, 0.2) is 0 Å². The Morgan fingerprint density at radius 3 is 2.43 bits per heavy atom. The normalized spacial score (nSPS) is 26.1. The van der Waals surface area contributed by atoms with Crippen LogP contribution in [0.5, 0.6) is 0 Å². The second kappa shape index (κ2) is 9.04. The molecule has 4 heterocycles. The number of aromatic nitrogens is 1. The van der Waals surface area contributed by atoms with Crippen molar-refractivity contribution < 1.29 is 0 Å². The van der Waals surface area contributed by atoms with Crippen LogP contribution in [0, 0.1) is 0 Å². The summed E-state index contributed by atoms with van der Waals surface area (Å²) in [7, 11) is 0. The number of pyridine rings is 1. The minimum absolute atomic E-state index is 0.585. The van der Waals surface area contributed by atoms with E-state index >= 15 is 0 Å². The summed E-state index contributed by atoms with van der Waals surface area (Å²) in [5, 5.41) is 1.59. The summed E-state index contributed by atoms with van der Waals surface area (Å²) in [5.41, 5.74) is 1.40. The van der Waals surface area contributed by atoms with Gasteiger partial charge in [-0.05, 0) is 68.5 Å². The minimum Gasteiger partial charge on any atom is -0.356 e. The molecule has 1 aromatic carbocycles. The Hall–Kier alpha value is -1.33. The van der Waals surface area contributed by atoms with Crippen LogP contribution in [0.1, 0.15) is 31.2 Å². The maximum absolute atomic E-state index is 6.18. The highest BCUT2D eigenvalue weighted by atomic mass is 35.5. The lowest BCUT2D eigenvalue weighted by Gasteiger charge is -2.49. The first-order valence-corrected chi connectivity index (χ1v) is 12.0. The molecule has 3 aliphatic rings. The molecule has 30 heavy (non-hydrogen) atoms. The molecule has 3 saturated heterocycles. The molecule has 0 radical (unpaired) electrons. The summed E-state index contributed by atoms with van der Waals surface area (Å²) in [5.74, 6) is 1.01. The maximum Gasteiger partial charge on any atom is 0.129 e. The molecule has 0 bridgehead atoms. The first-order chi connectivity index (χ1) is 14.7. The molecule has 0 spiro atoms. The predicted octanol–water partition coefficient (Wildman–Crippen LogP) is 4.75. The van der Waals surface area contributed by atoms with Gasteiger partial charge in [-0.25, -0.2) is 4.98 Å². The van der Waals surface area contributed by atoms with Gasteiger partial charge in [-0.15, -0.1) is 0 Å². The summed E-state index contributed by atoms with van der Waals surface area (Å²) < 4.78 is 0. The van der Waals surface area contributed by atoms with Gasteiger partial charge in [0.25, 0.3) is 0 Å². The number of anilines is 1. The molecule has 0 unspecified atom stereocenters. The Balaban J connectivity index is 1.28. The van der Waals surface area contributed by atoms with Gasteiger partial charge >= 0.3 is 0 Å². The Kier molecular flexibility index (Phi) is 6.19. The monoisotopic (exact) mass is 444 g/mol. The highest BCUT2D eigenvalue weighted by Crippen LogP contribution is 2.31. The molecule has 0 saturated carbocycles. The lowest BCUT2D eigenvalue weighted by molar-refractivity contribution is 0.0127. The van der Waals surface area contributed by atoms with Gasteiger partial charge in [-0.3, -0.25) is 9.80 Å². The van der Waals surface area contributed by atoms with Crippen molar-refractivity contribution in [2.75, 3.05) is 37.6 Å². The molecular weight excluding hydrogens is 415 g/mol. The fourth-order valence-electron chi connectivity index (χ4n) is 5.62. The fraction of sp³-hybridized carbons (Fsp3) is 0.542.